The Kier molecular flexibility index (Phi) is 6.26. The summed E-state index contributed by atoms with van der Waals surface area (Å²) in [4.78, 5) is 12.1. The van der Waals surface area contributed by atoms with Gasteiger partial charge in [-0.15, -0.1) is 0 Å². The Morgan fingerprint density at radius 1 is 1.38 bits per heavy atom. The van der Waals surface area contributed by atoms with Crippen LogP contribution in [0.3, 0.4) is 0 Å². The topological polar surface area (TPSA) is 58.6 Å². The molecule has 0 saturated heterocycles. The standard InChI is InChI=1S/C17H23NO3/c1-17(2,3)9-10-18-16(20)14-7-8-15(21-4)13(12-14)6-5-11-19/h7-8,12,19H,9-11H2,1-4H3,(H,18,20). The molecule has 0 aliphatic rings. The fraction of sp³-hybridized carbons (Fsp3) is 0.471. The van der Waals surface area contributed by atoms with Gasteiger partial charge in [-0.2, -0.15) is 0 Å². The largest absolute Gasteiger partial charge is 0.495 e. The lowest BCUT2D eigenvalue weighted by Gasteiger charge is -2.18. The van der Waals surface area contributed by atoms with E-state index in [9.17, 15) is 4.79 Å². The minimum Gasteiger partial charge on any atom is -0.495 e. The fourth-order valence-electron chi connectivity index (χ4n) is 1.73. The van der Waals surface area contributed by atoms with E-state index in [0.717, 1.165) is 6.42 Å². The number of rotatable bonds is 4. The van der Waals surface area contributed by atoms with Crippen LogP contribution in [-0.2, 0) is 0 Å². The maximum Gasteiger partial charge on any atom is 0.251 e. The number of hydrogen-bond donors (Lipinski definition) is 2. The third kappa shape index (κ3) is 5.88. The molecule has 0 aliphatic carbocycles. The Bertz CT molecular complexity index is 547. The third-order valence-electron chi connectivity index (χ3n) is 2.92. The van der Waals surface area contributed by atoms with Crippen LogP contribution in [-0.4, -0.2) is 31.3 Å². The molecule has 1 aromatic rings. The molecule has 0 radical (unpaired) electrons. The lowest BCUT2D eigenvalue weighted by molar-refractivity contribution is 0.0949. The van der Waals surface area contributed by atoms with Crippen LogP contribution in [0, 0.1) is 17.3 Å². The van der Waals surface area contributed by atoms with E-state index in [4.69, 9.17) is 9.84 Å². The molecule has 0 fully saturated rings. The van der Waals surface area contributed by atoms with Gasteiger partial charge in [-0.3, -0.25) is 4.79 Å². The quantitative estimate of drug-likeness (QED) is 0.836. The minimum atomic E-state index is -0.231. The predicted molar refractivity (Wildman–Crippen MR) is 83.4 cm³/mol. The average molecular weight is 289 g/mol. The monoisotopic (exact) mass is 289 g/mol. The molecule has 0 atom stereocenters. The summed E-state index contributed by atoms with van der Waals surface area (Å²) in [6.45, 7) is 6.80. The van der Waals surface area contributed by atoms with Crippen molar-refractivity contribution in [3.05, 3.63) is 29.3 Å². The zero-order valence-corrected chi connectivity index (χ0v) is 13.1. The van der Waals surface area contributed by atoms with Crippen molar-refractivity contribution in [2.24, 2.45) is 5.41 Å². The normalized spacial score (nSPS) is 10.5. The molecule has 0 bridgehead atoms. The molecule has 0 aliphatic heterocycles. The number of methoxy groups -OCH3 is 1. The number of amides is 1. The van der Waals surface area contributed by atoms with Crippen LogP contribution >= 0.6 is 0 Å². The Morgan fingerprint density at radius 3 is 2.67 bits per heavy atom. The van der Waals surface area contributed by atoms with Gasteiger partial charge in [0, 0.05) is 12.1 Å². The molecule has 21 heavy (non-hydrogen) atoms. The number of aliphatic hydroxyl groups excluding tert-OH is 1. The van der Waals surface area contributed by atoms with E-state index >= 15 is 0 Å². The van der Waals surface area contributed by atoms with Crippen molar-refractivity contribution < 1.29 is 14.6 Å². The van der Waals surface area contributed by atoms with Crippen LogP contribution in [0.2, 0.25) is 0 Å². The SMILES string of the molecule is COc1ccc(C(=O)NCCC(C)(C)C)cc1C#CCO. The van der Waals surface area contributed by atoms with Crippen LogP contribution in [0.25, 0.3) is 0 Å². The summed E-state index contributed by atoms with van der Waals surface area (Å²) in [7, 11) is 1.54. The predicted octanol–water partition coefficient (Wildman–Crippen LogP) is 2.21. The summed E-state index contributed by atoms with van der Waals surface area (Å²) < 4.78 is 5.19. The molecule has 0 unspecified atom stereocenters. The van der Waals surface area contributed by atoms with Crippen molar-refractivity contribution in [1.29, 1.82) is 0 Å². The van der Waals surface area contributed by atoms with Crippen molar-refractivity contribution in [3.8, 4) is 17.6 Å². The zero-order valence-electron chi connectivity index (χ0n) is 13.1. The summed E-state index contributed by atoms with van der Waals surface area (Å²) in [5.41, 5.74) is 1.31. The second-order valence-corrected chi connectivity index (χ2v) is 5.94. The second kappa shape index (κ2) is 7.70. The number of carbonyl (C=O) groups is 1. The molecule has 114 valence electrons. The zero-order chi connectivity index (χ0) is 15.9. The van der Waals surface area contributed by atoms with Gasteiger partial charge in [-0.05, 0) is 30.0 Å². The third-order valence-corrected chi connectivity index (χ3v) is 2.92. The maximum atomic E-state index is 12.1. The fourth-order valence-corrected chi connectivity index (χ4v) is 1.73. The number of hydrogen-bond acceptors (Lipinski definition) is 3. The van der Waals surface area contributed by atoms with Crippen LogP contribution in [0.5, 0.6) is 5.75 Å². The number of benzene rings is 1. The maximum absolute atomic E-state index is 12.1. The second-order valence-electron chi connectivity index (χ2n) is 5.94. The number of aliphatic hydroxyl groups is 1. The highest BCUT2D eigenvalue weighted by Crippen LogP contribution is 2.19. The molecule has 0 heterocycles. The molecule has 4 nitrogen and oxygen atoms in total. The smallest absolute Gasteiger partial charge is 0.251 e. The Hall–Kier alpha value is -1.99. The van der Waals surface area contributed by atoms with Crippen molar-refractivity contribution in [1.82, 2.24) is 5.32 Å². The highest BCUT2D eigenvalue weighted by atomic mass is 16.5. The van der Waals surface area contributed by atoms with Crippen LogP contribution in [0.15, 0.2) is 18.2 Å². The molecule has 1 aromatic carbocycles. The minimum absolute atomic E-state index is 0.131. The number of ether oxygens (including phenoxy) is 1. The Morgan fingerprint density at radius 2 is 2.10 bits per heavy atom. The first kappa shape index (κ1) is 17.1. The highest BCUT2D eigenvalue weighted by Gasteiger charge is 2.12. The molecule has 2 N–H and O–H groups in total. The molecule has 1 amide bonds. The highest BCUT2D eigenvalue weighted by molar-refractivity contribution is 5.94. The molecular formula is C17H23NO3. The van der Waals surface area contributed by atoms with E-state index in [1.807, 2.05) is 0 Å². The van der Waals surface area contributed by atoms with Gasteiger partial charge in [0.25, 0.3) is 5.91 Å². The lowest BCUT2D eigenvalue weighted by Crippen LogP contribution is -2.27. The van der Waals surface area contributed by atoms with Gasteiger partial charge in [0.15, 0.2) is 0 Å². The van der Waals surface area contributed by atoms with Gasteiger partial charge in [0.2, 0.25) is 0 Å². The van der Waals surface area contributed by atoms with Crippen LogP contribution in [0.4, 0.5) is 0 Å². The van der Waals surface area contributed by atoms with Crippen LogP contribution in [0.1, 0.15) is 43.1 Å². The van der Waals surface area contributed by atoms with Crippen molar-refractivity contribution >= 4 is 5.91 Å². The molecule has 0 aromatic heterocycles. The van der Waals surface area contributed by atoms with E-state index in [2.05, 4.69) is 37.9 Å². The number of nitrogens with one attached hydrogen (secondary N) is 1. The van der Waals surface area contributed by atoms with E-state index in [0.29, 0.717) is 23.4 Å². The van der Waals surface area contributed by atoms with E-state index < -0.39 is 0 Å². The first-order valence-corrected chi connectivity index (χ1v) is 6.93. The van der Waals surface area contributed by atoms with E-state index in [1.54, 1.807) is 25.3 Å². The summed E-state index contributed by atoms with van der Waals surface area (Å²) in [5, 5.41) is 11.7. The molecule has 4 heteroatoms. The van der Waals surface area contributed by atoms with Gasteiger partial charge < -0.3 is 15.2 Å². The van der Waals surface area contributed by atoms with Crippen molar-refractivity contribution in [2.75, 3.05) is 20.3 Å². The first-order valence-electron chi connectivity index (χ1n) is 6.93. The summed E-state index contributed by atoms with van der Waals surface area (Å²) in [5.74, 6) is 5.80. The van der Waals surface area contributed by atoms with Gasteiger partial charge in [0.1, 0.15) is 12.4 Å². The van der Waals surface area contributed by atoms with Gasteiger partial charge in [0.05, 0.1) is 12.7 Å². The van der Waals surface area contributed by atoms with Gasteiger partial charge >= 0.3 is 0 Å². The Balaban J connectivity index is 2.81. The summed E-state index contributed by atoms with van der Waals surface area (Å²) in [6.07, 6.45) is 0.909. The summed E-state index contributed by atoms with van der Waals surface area (Å²) >= 11 is 0. The Labute approximate surface area is 126 Å². The van der Waals surface area contributed by atoms with Gasteiger partial charge in [-0.25, -0.2) is 0 Å². The number of carbonyl (C=O) groups excluding carboxylic acids is 1. The van der Waals surface area contributed by atoms with E-state index in [1.165, 1.54) is 0 Å². The van der Waals surface area contributed by atoms with Crippen molar-refractivity contribution in [2.45, 2.75) is 27.2 Å². The van der Waals surface area contributed by atoms with Crippen LogP contribution < -0.4 is 10.1 Å². The molecule has 0 saturated carbocycles. The molecular weight excluding hydrogens is 266 g/mol. The molecule has 1 rings (SSSR count). The first-order chi connectivity index (χ1) is 9.87. The average Bonchev–Trinajstić information content (AvgIpc) is 2.43. The molecule has 0 spiro atoms. The lowest BCUT2D eigenvalue weighted by atomic mass is 9.92. The summed E-state index contributed by atoms with van der Waals surface area (Å²) in [6, 6.07) is 5.09. The van der Waals surface area contributed by atoms with E-state index in [-0.39, 0.29) is 17.9 Å². The van der Waals surface area contributed by atoms with Gasteiger partial charge in [-0.1, -0.05) is 32.6 Å². The van der Waals surface area contributed by atoms with Crippen molar-refractivity contribution in [3.63, 3.8) is 0 Å².